The number of hydrogen-bond donors (Lipinski definition) is 2. The van der Waals surface area contributed by atoms with Crippen LogP contribution in [0.2, 0.25) is 5.02 Å². The summed E-state index contributed by atoms with van der Waals surface area (Å²) in [4.78, 5) is 0.0772. The second-order valence-corrected chi connectivity index (χ2v) is 6.83. The second-order valence-electron chi connectivity index (χ2n) is 4.69. The van der Waals surface area contributed by atoms with Crippen molar-refractivity contribution < 1.29 is 8.42 Å². The molecule has 0 saturated carbocycles. The highest BCUT2D eigenvalue weighted by Crippen LogP contribution is 2.22. The van der Waals surface area contributed by atoms with Crippen LogP contribution in [0.25, 0.3) is 0 Å². The van der Waals surface area contributed by atoms with Gasteiger partial charge in [0.15, 0.2) is 0 Å². The van der Waals surface area contributed by atoms with E-state index in [0.717, 1.165) is 12.8 Å². The lowest BCUT2D eigenvalue weighted by Gasteiger charge is -2.14. The van der Waals surface area contributed by atoms with Crippen LogP contribution in [0.4, 0.5) is 0 Å². The summed E-state index contributed by atoms with van der Waals surface area (Å²) in [5.74, 6) is 5.84. The van der Waals surface area contributed by atoms with Gasteiger partial charge < -0.3 is 5.73 Å². The molecule has 0 aromatic heterocycles. The van der Waals surface area contributed by atoms with Crippen molar-refractivity contribution in [3.05, 3.63) is 28.8 Å². The first kappa shape index (κ1) is 18.0. The first-order valence-electron chi connectivity index (χ1n) is 6.92. The molecular formula is C15H21ClN2O2S. The Kier molecular flexibility index (Phi) is 7.20. The van der Waals surface area contributed by atoms with Crippen LogP contribution in [0.1, 0.15) is 32.3 Å². The first-order chi connectivity index (χ1) is 9.94. The molecule has 0 bridgehead atoms. The summed E-state index contributed by atoms with van der Waals surface area (Å²) in [6, 6.07) is 4.63. The highest BCUT2D eigenvalue weighted by atomic mass is 35.5. The van der Waals surface area contributed by atoms with Crippen molar-refractivity contribution in [1.82, 2.24) is 4.72 Å². The Bertz CT molecular complexity index is 629. The molecule has 21 heavy (non-hydrogen) atoms. The van der Waals surface area contributed by atoms with Gasteiger partial charge in [0.25, 0.3) is 0 Å². The minimum absolute atomic E-state index is 0.0772. The van der Waals surface area contributed by atoms with Gasteiger partial charge in [-0.1, -0.05) is 50.1 Å². The number of benzene rings is 1. The highest BCUT2D eigenvalue weighted by molar-refractivity contribution is 7.89. The zero-order chi connectivity index (χ0) is 15.9. The number of rotatable bonds is 6. The van der Waals surface area contributed by atoms with E-state index >= 15 is 0 Å². The lowest BCUT2D eigenvalue weighted by molar-refractivity contribution is 0.479. The molecule has 0 saturated heterocycles. The molecule has 1 rings (SSSR count). The number of halogens is 1. The van der Waals surface area contributed by atoms with E-state index in [1.165, 1.54) is 12.1 Å². The molecule has 0 aliphatic carbocycles. The SMILES string of the molecule is CCC(CC)CNS(=O)(=O)c1ccc(C#CCN)cc1Cl. The van der Waals surface area contributed by atoms with Gasteiger partial charge in [-0.3, -0.25) is 0 Å². The minimum Gasteiger partial charge on any atom is -0.320 e. The molecule has 0 unspecified atom stereocenters. The van der Waals surface area contributed by atoms with E-state index in [1.54, 1.807) is 6.07 Å². The molecule has 0 fully saturated rings. The van der Waals surface area contributed by atoms with E-state index in [9.17, 15) is 8.42 Å². The molecule has 0 spiro atoms. The van der Waals surface area contributed by atoms with Gasteiger partial charge in [0.2, 0.25) is 10.0 Å². The Balaban J connectivity index is 2.93. The monoisotopic (exact) mass is 328 g/mol. The number of nitrogens with two attached hydrogens (primary N) is 1. The molecular weight excluding hydrogens is 308 g/mol. The molecule has 0 aliphatic rings. The fraction of sp³-hybridized carbons (Fsp3) is 0.467. The Morgan fingerprint density at radius 2 is 2.00 bits per heavy atom. The van der Waals surface area contributed by atoms with Crippen molar-refractivity contribution in [1.29, 1.82) is 0 Å². The average molecular weight is 329 g/mol. The van der Waals surface area contributed by atoms with Crippen LogP contribution in [-0.4, -0.2) is 21.5 Å². The van der Waals surface area contributed by atoms with Gasteiger partial charge in [0.1, 0.15) is 4.90 Å². The van der Waals surface area contributed by atoms with Crippen molar-refractivity contribution >= 4 is 21.6 Å². The van der Waals surface area contributed by atoms with Crippen molar-refractivity contribution in [3.63, 3.8) is 0 Å². The standard InChI is InChI=1S/C15H21ClN2O2S/c1-3-12(4-2)11-18-21(19,20)15-8-7-13(6-5-9-17)10-14(15)16/h7-8,10,12,18H,3-4,9,11,17H2,1-2H3. The molecule has 6 heteroatoms. The molecule has 0 aliphatic heterocycles. The summed E-state index contributed by atoms with van der Waals surface area (Å²) < 4.78 is 27.1. The summed E-state index contributed by atoms with van der Waals surface area (Å²) in [7, 11) is -3.60. The van der Waals surface area contributed by atoms with Gasteiger partial charge in [-0.25, -0.2) is 13.1 Å². The third-order valence-corrected chi connectivity index (χ3v) is 5.18. The normalized spacial score (nSPS) is 11.3. The summed E-state index contributed by atoms with van der Waals surface area (Å²) in [6.45, 7) is 4.75. The summed E-state index contributed by atoms with van der Waals surface area (Å²) in [6.07, 6.45) is 1.86. The predicted molar refractivity (Wildman–Crippen MR) is 86.6 cm³/mol. The van der Waals surface area contributed by atoms with Gasteiger partial charge in [0, 0.05) is 12.1 Å². The predicted octanol–water partition coefficient (Wildman–Crippen LogP) is 2.36. The highest BCUT2D eigenvalue weighted by Gasteiger charge is 2.19. The van der Waals surface area contributed by atoms with Crippen molar-refractivity contribution in [2.45, 2.75) is 31.6 Å². The summed E-state index contributed by atoms with van der Waals surface area (Å²) in [5, 5.41) is 0.163. The van der Waals surface area contributed by atoms with E-state index < -0.39 is 10.0 Å². The quantitative estimate of drug-likeness (QED) is 0.787. The Labute approximate surface area is 132 Å². The minimum atomic E-state index is -3.60. The average Bonchev–Trinajstić information content (AvgIpc) is 2.46. The Morgan fingerprint density at radius 1 is 1.33 bits per heavy atom. The van der Waals surface area contributed by atoms with E-state index in [2.05, 4.69) is 16.6 Å². The van der Waals surface area contributed by atoms with Crippen molar-refractivity contribution in [3.8, 4) is 11.8 Å². The Hall–Kier alpha value is -1.06. The maximum atomic E-state index is 12.3. The number of nitrogens with one attached hydrogen (secondary N) is 1. The molecule has 0 amide bonds. The van der Waals surface area contributed by atoms with Gasteiger partial charge >= 0.3 is 0 Å². The molecule has 1 aromatic carbocycles. The fourth-order valence-electron chi connectivity index (χ4n) is 1.83. The van der Waals surface area contributed by atoms with Crippen LogP contribution in [0.5, 0.6) is 0 Å². The lowest BCUT2D eigenvalue weighted by atomic mass is 10.0. The molecule has 0 radical (unpaired) electrons. The fourth-order valence-corrected chi connectivity index (χ4v) is 3.49. The van der Waals surface area contributed by atoms with Crippen LogP contribution >= 0.6 is 11.6 Å². The van der Waals surface area contributed by atoms with Crippen LogP contribution in [0.3, 0.4) is 0 Å². The topological polar surface area (TPSA) is 72.2 Å². The van der Waals surface area contributed by atoms with Crippen molar-refractivity contribution in [2.24, 2.45) is 11.7 Å². The molecule has 1 aromatic rings. The van der Waals surface area contributed by atoms with Gasteiger partial charge in [0.05, 0.1) is 11.6 Å². The smallest absolute Gasteiger partial charge is 0.242 e. The van der Waals surface area contributed by atoms with Crippen LogP contribution < -0.4 is 10.5 Å². The van der Waals surface area contributed by atoms with Gasteiger partial charge in [-0.2, -0.15) is 0 Å². The van der Waals surface area contributed by atoms with E-state index in [-0.39, 0.29) is 16.5 Å². The third-order valence-electron chi connectivity index (χ3n) is 3.27. The largest absolute Gasteiger partial charge is 0.320 e. The van der Waals surface area contributed by atoms with Gasteiger partial charge in [-0.05, 0) is 24.1 Å². The third kappa shape index (κ3) is 5.33. The van der Waals surface area contributed by atoms with Crippen LogP contribution in [0.15, 0.2) is 23.1 Å². The first-order valence-corrected chi connectivity index (χ1v) is 8.78. The summed E-state index contributed by atoms with van der Waals surface area (Å²) in [5.41, 5.74) is 5.94. The zero-order valence-electron chi connectivity index (χ0n) is 12.3. The van der Waals surface area contributed by atoms with E-state index in [0.29, 0.717) is 18.0 Å². The molecule has 0 heterocycles. The Morgan fingerprint density at radius 3 is 2.52 bits per heavy atom. The molecule has 0 atom stereocenters. The van der Waals surface area contributed by atoms with E-state index in [1.807, 2.05) is 13.8 Å². The maximum absolute atomic E-state index is 12.3. The molecule has 116 valence electrons. The van der Waals surface area contributed by atoms with Crippen molar-refractivity contribution in [2.75, 3.05) is 13.1 Å². The zero-order valence-corrected chi connectivity index (χ0v) is 13.9. The van der Waals surface area contributed by atoms with E-state index in [4.69, 9.17) is 17.3 Å². The molecule has 4 nitrogen and oxygen atoms in total. The number of sulfonamides is 1. The summed E-state index contributed by atoms with van der Waals surface area (Å²) >= 11 is 6.06. The molecule has 3 N–H and O–H groups in total. The second kappa shape index (κ2) is 8.40. The number of hydrogen-bond acceptors (Lipinski definition) is 3. The van der Waals surface area contributed by atoms with Gasteiger partial charge in [-0.15, -0.1) is 0 Å². The maximum Gasteiger partial charge on any atom is 0.242 e. The van der Waals surface area contributed by atoms with Crippen LogP contribution in [-0.2, 0) is 10.0 Å². The van der Waals surface area contributed by atoms with Crippen LogP contribution in [0, 0.1) is 17.8 Å². The lowest BCUT2D eigenvalue weighted by Crippen LogP contribution is -2.29.